The van der Waals surface area contributed by atoms with Gasteiger partial charge in [0.05, 0.1) is 11.3 Å². The number of rotatable bonds is 4. The third-order valence-electron chi connectivity index (χ3n) is 2.39. The predicted octanol–water partition coefficient (Wildman–Crippen LogP) is -0.643. The summed E-state index contributed by atoms with van der Waals surface area (Å²) in [7, 11) is -3.61. The van der Waals surface area contributed by atoms with Crippen LogP contribution in [0.2, 0.25) is 0 Å². The molecule has 7 heteroatoms. The molecule has 20 heavy (non-hydrogen) atoms. The number of primary sulfonamides is 1. The normalized spacial score (nSPS) is 10.6. The van der Waals surface area contributed by atoms with E-state index < -0.39 is 15.9 Å². The highest BCUT2D eigenvalue weighted by molar-refractivity contribution is 7.89. The minimum absolute atomic E-state index is 0.0710. The van der Waals surface area contributed by atoms with Crippen molar-refractivity contribution >= 4 is 15.9 Å². The van der Waals surface area contributed by atoms with E-state index in [9.17, 15) is 13.2 Å². The van der Waals surface area contributed by atoms with Gasteiger partial charge >= 0.3 is 0 Å². The van der Waals surface area contributed by atoms with Gasteiger partial charge in [0.15, 0.2) is 0 Å². The lowest BCUT2D eigenvalue weighted by Gasteiger charge is -2.07. The van der Waals surface area contributed by atoms with Gasteiger partial charge in [-0.3, -0.25) is 4.79 Å². The van der Waals surface area contributed by atoms with Crippen LogP contribution in [-0.2, 0) is 10.0 Å². The Kier molecular flexibility index (Phi) is 5.70. The summed E-state index contributed by atoms with van der Waals surface area (Å²) in [5, 5.41) is 16.0. The van der Waals surface area contributed by atoms with Crippen molar-refractivity contribution in [2.75, 3.05) is 18.9 Å². The molecule has 0 atom stereocenters. The smallest absolute Gasteiger partial charge is 0.252 e. The molecule has 0 aliphatic rings. The molecule has 0 radical (unpaired) electrons. The summed E-state index contributed by atoms with van der Waals surface area (Å²) < 4.78 is 21.6. The zero-order valence-electron chi connectivity index (χ0n) is 11.0. The van der Waals surface area contributed by atoms with E-state index >= 15 is 0 Å². The summed E-state index contributed by atoms with van der Waals surface area (Å²) in [4.78, 5) is 12.0. The molecule has 0 fully saturated rings. The molecule has 0 unspecified atom stereocenters. The molecule has 0 bridgehead atoms. The van der Waals surface area contributed by atoms with Crippen LogP contribution in [0.4, 0.5) is 0 Å². The van der Waals surface area contributed by atoms with Gasteiger partial charge in [0.1, 0.15) is 6.61 Å². The number of carbonyl (C=O) groups excluding carboxylic acids is 1. The largest absolute Gasteiger partial charge is 0.384 e. The number of benzene rings is 1. The van der Waals surface area contributed by atoms with Gasteiger partial charge in [0.25, 0.3) is 5.91 Å². The third kappa shape index (κ3) is 5.40. The summed E-state index contributed by atoms with van der Waals surface area (Å²) in [6.07, 6.45) is 0. The molecule has 0 aliphatic carbocycles. The van der Waals surface area contributed by atoms with Gasteiger partial charge in [0, 0.05) is 12.1 Å². The third-order valence-corrected chi connectivity index (χ3v) is 3.17. The first-order chi connectivity index (χ1) is 9.33. The van der Waals surface area contributed by atoms with Crippen molar-refractivity contribution in [3.05, 3.63) is 34.9 Å². The van der Waals surface area contributed by atoms with Gasteiger partial charge in [-0.15, -0.1) is 0 Å². The molecule has 4 N–H and O–H groups in total. The highest BCUT2D eigenvalue weighted by atomic mass is 32.2. The first-order valence-corrected chi connectivity index (χ1v) is 7.54. The summed E-state index contributed by atoms with van der Waals surface area (Å²) >= 11 is 0. The Labute approximate surface area is 118 Å². The van der Waals surface area contributed by atoms with Crippen LogP contribution in [0.15, 0.2) is 18.2 Å². The minimum atomic E-state index is -3.61. The second-order valence-electron chi connectivity index (χ2n) is 4.13. The van der Waals surface area contributed by atoms with E-state index in [-0.39, 0.29) is 18.9 Å². The quantitative estimate of drug-likeness (QED) is 0.642. The SMILES string of the molecule is Cc1ccc(C#CCO)c(C(=O)NCCS(N)(=O)=O)c1. The van der Waals surface area contributed by atoms with Crippen LogP contribution >= 0.6 is 0 Å². The maximum absolute atomic E-state index is 12.0. The summed E-state index contributed by atoms with van der Waals surface area (Å²) in [6.45, 7) is 1.45. The maximum Gasteiger partial charge on any atom is 0.252 e. The van der Waals surface area contributed by atoms with E-state index in [0.29, 0.717) is 11.1 Å². The van der Waals surface area contributed by atoms with E-state index in [2.05, 4.69) is 17.2 Å². The average molecular weight is 296 g/mol. The number of nitrogens with one attached hydrogen (secondary N) is 1. The van der Waals surface area contributed by atoms with Gasteiger partial charge in [-0.2, -0.15) is 0 Å². The second-order valence-corrected chi connectivity index (χ2v) is 5.87. The molecule has 0 aliphatic heterocycles. The van der Waals surface area contributed by atoms with Crippen molar-refractivity contribution < 1.29 is 18.3 Å². The summed E-state index contributed by atoms with van der Waals surface area (Å²) in [5.74, 6) is 4.38. The molecular formula is C13H16N2O4S. The molecule has 0 saturated heterocycles. The van der Waals surface area contributed by atoms with Crippen LogP contribution in [0.25, 0.3) is 0 Å². The Balaban J connectivity index is 2.88. The summed E-state index contributed by atoms with van der Waals surface area (Å²) in [5.41, 5.74) is 1.68. The number of amides is 1. The predicted molar refractivity (Wildman–Crippen MR) is 75.5 cm³/mol. The lowest BCUT2D eigenvalue weighted by atomic mass is 10.0. The molecular weight excluding hydrogens is 280 g/mol. The van der Waals surface area contributed by atoms with Gasteiger partial charge < -0.3 is 10.4 Å². The van der Waals surface area contributed by atoms with Gasteiger partial charge in [0.2, 0.25) is 10.0 Å². The highest BCUT2D eigenvalue weighted by Gasteiger charge is 2.11. The Bertz CT molecular complexity index is 657. The lowest BCUT2D eigenvalue weighted by Crippen LogP contribution is -2.31. The summed E-state index contributed by atoms with van der Waals surface area (Å²) in [6, 6.07) is 5.11. The first kappa shape index (κ1) is 16.2. The molecule has 1 aromatic rings. The molecule has 0 spiro atoms. The van der Waals surface area contributed by atoms with Crippen molar-refractivity contribution in [3.8, 4) is 11.8 Å². The van der Waals surface area contributed by atoms with Gasteiger partial charge in [-0.05, 0) is 19.1 Å². The molecule has 108 valence electrons. The molecule has 1 amide bonds. The number of aliphatic hydroxyl groups excluding tert-OH is 1. The number of hydrogen-bond donors (Lipinski definition) is 3. The first-order valence-electron chi connectivity index (χ1n) is 5.82. The van der Waals surface area contributed by atoms with Crippen molar-refractivity contribution in [3.63, 3.8) is 0 Å². The van der Waals surface area contributed by atoms with Crippen LogP contribution in [-0.4, -0.2) is 38.3 Å². The van der Waals surface area contributed by atoms with Crippen LogP contribution in [0, 0.1) is 18.8 Å². The van der Waals surface area contributed by atoms with Crippen molar-refractivity contribution in [2.45, 2.75) is 6.92 Å². The number of aliphatic hydroxyl groups is 1. The monoisotopic (exact) mass is 296 g/mol. The van der Waals surface area contributed by atoms with Crippen molar-refractivity contribution in [1.82, 2.24) is 5.32 Å². The average Bonchev–Trinajstić information content (AvgIpc) is 2.35. The number of hydrogen-bond acceptors (Lipinski definition) is 4. The minimum Gasteiger partial charge on any atom is -0.384 e. The van der Waals surface area contributed by atoms with Crippen LogP contribution in [0.5, 0.6) is 0 Å². The Morgan fingerprint density at radius 2 is 2.15 bits per heavy atom. The lowest BCUT2D eigenvalue weighted by molar-refractivity contribution is 0.0956. The number of nitrogens with two attached hydrogens (primary N) is 1. The molecule has 6 nitrogen and oxygen atoms in total. The van der Waals surface area contributed by atoms with Crippen molar-refractivity contribution in [1.29, 1.82) is 0 Å². The molecule has 1 aromatic carbocycles. The Hall–Kier alpha value is -1.88. The van der Waals surface area contributed by atoms with E-state index in [1.165, 1.54) is 0 Å². The molecule has 0 saturated carbocycles. The van der Waals surface area contributed by atoms with Crippen LogP contribution in [0.3, 0.4) is 0 Å². The zero-order chi connectivity index (χ0) is 15.2. The second kappa shape index (κ2) is 7.05. The number of carbonyl (C=O) groups is 1. The Morgan fingerprint density at radius 1 is 1.45 bits per heavy atom. The van der Waals surface area contributed by atoms with Gasteiger partial charge in [-0.1, -0.05) is 23.5 Å². The highest BCUT2D eigenvalue weighted by Crippen LogP contribution is 2.10. The number of sulfonamides is 1. The molecule has 1 rings (SSSR count). The van der Waals surface area contributed by atoms with Crippen LogP contribution < -0.4 is 10.5 Å². The van der Waals surface area contributed by atoms with E-state index in [0.717, 1.165) is 5.56 Å². The maximum atomic E-state index is 12.0. The fraction of sp³-hybridized carbons (Fsp3) is 0.308. The standard InChI is InChI=1S/C13H16N2O4S/c1-10-4-5-11(3-2-7-16)12(9-10)13(17)15-6-8-20(14,18)19/h4-5,9,16H,6-8H2,1H3,(H,15,17)(H2,14,18,19). The zero-order valence-corrected chi connectivity index (χ0v) is 11.8. The van der Waals surface area contributed by atoms with Crippen LogP contribution in [0.1, 0.15) is 21.5 Å². The molecule has 0 aromatic heterocycles. The fourth-order valence-electron chi connectivity index (χ4n) is 1.49. The number of aryl methyl sites for hydroxylation is 1. The van der Waals surface area contributed by atoms with Crippen molar-refractivity contribution in [2.24, 2.45) is 5.14 Å². The topological polar surface area (TPSA) is 109 Å². The molecule has 0 heterocycles. The van der Waals surface area contributed by atoms with E-state index in [4.69, 9.17) is 10.2 Å². The Morgan fingerprint density at radius 3 is 2.75 bits per heavy atom. The fourth-order valence-corrected chi connectivity index (χ4v) is 1.88. The van der Waals surface area contributed by atoms with Gasteiger partial charge in [-0.25, -0.2) is 13.6 Å². The van der Waals surface area contributed by atoms with E-state index in [1.54, 1.807) is 18.2 Å². The van der Waals surface area contributed by atoms with E-state index in [1.807, 2.05) is 6.92 Å².